The highest BCUT2D eigenvalue weighted by atomic mass is 16.6. The Morgan fingerprint density at radius 2 is 1.56 bits per heavy atom. The van der Waals surface area contributed by atoms with Gasteiger partial charge in [0.2, 0.25) is 0 Å². The first-order valence-electron chi connectivity index (χ1n) is 11.4. The minimum absolute atomic E-state index is 0.121. The van der Waals surface area contributed by atoms with Crippen LogP contribution in [0, 0.1) is 5.92 Å². The standard InChI is InChI=1S/C25H35NO8/c1-24(2,3)33-22(30)26(23(31)34-25(4,5)6)18(12-13-20(27)28)19-15-17(21(29)32-19)14-16-10-8-7-9-11-16/h7-11,17-19H,12-15H2,1-6H3,(H,27,28)/t17-,18+,19-/m1/s1. The van der Waals surface area contributed by atoms with E-state index in [4.69, 9.17) is 14.2 Å². The molecule has 9 heteroatoms. The van der Waals surface area contributed by atoms with E-state index in [1.54, 1.807) is 41.5 Å². The highest BCUT2D eigenvalue weighted by Crippen LogP contribution is 2.32. The zero-order valence-corrected chi connectivity index (χ0v) is 20.7. The number of carboxylic acids is 1. The summed E-state index contributed by atoms with van der Waals surface area (Å²) in [5.74, 6) is -2.05. The number of amides is 2. The third-order valence-corrected chi connectivity index (χ3v) is 5.04. The number of imide groups is 1. The second-order valence-electron chi connectivity index (χ2n) is 10.4. The molecule has 0 spiro atoms. The number of benzene rings is 1. The number of hydrogen-bond acceptors (Lipinski definition) is 7. The lowest BCUT2D eigenvalue weighted by atomic mass is 9.92. The number of aliphatic carboxylic acids is 1. The Hall–Kier alpha value is -3.10. The average molecular weight is 478 g/mol. The van der Waals surface area contributed by atoms with E-state index < -0.39 is 53.4 Å². The molecule has 1 fully saturated rings. The zero-order valence-electron chi connectivity index (χ0n) is 20.7. The van der Waals surface area contributed by atoms with Crippen molar-refractivity contribution in [3.05, 3.63) is 35.9 Å². The number of hydrogen-bond donors (Lipinski definition) is 1. The van der Waals surface area contributed by atoms with Crippen molar-refractivity contribution in [1.29, 1.82) is 0 Å². The molecule has 0 unspecified atom stereocenters. The number of cyclic esters (lactones) is 1. The summed E-state index contributed by atoms with van der Waals surface area (Å²) in [4.78, 5) is 51.0. The Balaban J connectivity index is 2.36. The Bertz CT molecular complexity index is 856. The normalized spacial score (nSPS) is 19.2. The van der Waals surface area contributed by atoms with Gasteiger partial charge in [0.1, 0.15) is 17.3 Å². The summed E-state index contributed by atoms with van der Waals surface area (Å²) in [6.45, 7) is 9.89. The third kappa shape index (κ3) is 8.35. The van der Waals surface area contributed by atoms with E-state index in [2.05, 4.69) is 0 Å². The van der Waals surface area contributed by atoms with Crippen molar-refractivity contribution < 1.29 is 38.5 Å². The van der Waals surface area contributed by atoms with Crippen LogP contribution in [-0.2, 0) is 30.2 Å². The van der Waals surface area contributed by atoms with E-state index in [1.165, 1.54) is 0 Å². The van der Waals surface area contributed by atoms with E-state index >= 15 is 0 Å². The third-order valence-electron chi connectivity index (χ3n) is 5.04. The second kappa shape index (κ2) is 10.9. The summed E-state index contributed by atoms with van der Waals surface area (Å²) in [7, 11) is 0. The predicted octanol–water partition coefficient (Wildman–Crippen LogP) is 4.57. The summed E-state index contributed by atoms with van der Waals surface area (Å²) < 4.78 is 16.5. The minimum atomic E-state index is -1.11. The van der Waals surface area contributed by atoms with Crippen LogP contribution in [0.2, 0.25) is 0 Å². The summed E-state index contributed by atoms with van der Waals surface area (Å²) in [5, 5.41) is 9.28. The van der Waals surface area contributed by atoms with Gasteiger partial charge in [-0.2, -0.15) is 0 Å². The van der Waals surface area contributed by atoms with E-state index in [1.807, 2.05) is 30.3 Å². The van der Waals surface area contributed by atoms with Gasteiger partial charge >= 0.3 is 24.1 Å². The van der Waals surface area contributed by atoms with Crippen molar-refractivity contribution in [3.63, 3.8) is 0 Å². The van der Waals surface area contributed by atoms with E-state index in [9.17, 15) is 24.3 Å². The lowest BCUT2D eigenvalue weighted by Gasteiger charge is -2.35. The van der Waals surface area contributed by atoms with E-state index in [-0.39, 0.29) is 19.3 Å². The van der Waals surface area contributed by atoms with Crippen molar-refractivity contribution >= 4 is 24.1 Å². The van der Waals surface area contributed by atoms with Gasteiger partial charge in [0.15, 0.2) is 0 Å². The lowest BCUT2D eigenvalue weighted by Crippen LogP contribution is -2.53. The fourth-order valence-corrected chi connectivity index (χ4v) is 3.69. The number of ether oxygens (including phenoxy) is 3. The van der Waals surface area contributed by atoms with Crippen LogP contribution in [-0.4, -0.2) is 57.5 Å². The van der Waals surface area contributed by atoms with Gasteiger partial charge in [0, 0.05) is 12.8 Å². The summed E-state index contributed by atoms with van der Waals surface area (Å²) >= 11 is 0. The van der Waals surface area contributed by atoms with Gasteiger partial charge in [-0.1, -0.05) is 30.3 Å². The Kier molecular flexibility index (Phi) is 8.69. The number of esters is 1. The molecule has 1 heterocycles. The van der Waals surface area contributed by atoms with Gasteiger partial charge in [0.05, 0.1) is 12.0 Å². The summed E-state index contributed by atoms with van der Waals surface area (Å²) in [5.41, 5.74) is -0.892. The van der Waals surface area contributed by atoms with Crippen LogP contribution in [0.1, 0.15) is 66.4 Å². The van der Waals surface area contributed by atoms with Crippen LogP contribution in [0.4, 0.5) is 9.59 Å². The van der Waals surface area contributed by atoms with Crippen molar-refractivity contribution in [1.82, 2.24) is 4.90 Å². The molecule has 1 aromatic rings. The van der Waals surface area contributed by atoms with E-state index in [0.717, 1.165) is 10.5 Å². The molecule has 0 aromatic heterocycles. The number of nitrogens with zero attached hydrogens (tertiary/aromatic N) is 1. The highest BCUT2D eigenvalue weighted by Gasteiger charge is 2.46. The molecule has 0 bridgehead atoms. The quantitative estimate of drug-likeness (QED) is 0.448. The first kappa shape index (κ1) is 27.1. The van der Waals surface area contributed by atoms with Crippen LogP contribution in [0.3, 0.4) is 0 Å². The number of carboxylic acid groups (broad SMARTS) is 1. The van der Waals surface area contributed by atoms with Crippen molar-refractivity contribution in [2.24, 2.45) is 5.92 Å². The molecule has 2 amide bonds. The maximum Gasteiger partial charge on any atom is 0.420 e. The molecule has 1 saturated heterocycles. The first-order chi connectivity index (χ1) is 15.7. The highest BCUT2D eigenvalue weighted by molar-refractivity contribution is 5.89. The molecule has 0 aliphatic carbocycles. The van der Waals surface area contributed by atoms with Gasteiger partial charge in [-0.3, -0.25) is 9.59 Å². The topological polar surface area (TPSA) is 119 Å². The van der Waals surface area contributed by atoms with Gasteiger partial charge < -0.3 is 19.3 Å². The SMILES string of the molecule is CC(C)(C)OC(=O)N(C(=O)OC(C)(C)C)[C@@H](CCC(=O)O)[C@H]1C[C@@H](Cc2ccccc2)C(=O)O1. The van der Waals surface area contributed by atoms with Gasteiger partial charge in [-0.25, -0.2) is 14.5 Å². The van der Waals surface area contributed by atoms with Gasteiger partial charge in [-0.15, -0.1) is 0 Å². The van der Waals surface area contributed by atoms with Crippen LogP contribution >= 0.6 is 0 Å². The van der Waals surface area contributed by atoms with Crippen LogP contribution in [0.5, 0.6) is 0 Å². The monoisotopic (exact) mass is 477 g/mol. The predicted molar refractivity (Wildman–Crippen MR) is 123 cm³/mol. The average Bonchev–Trinajstić information content (AvgIpc) is 3.02. The molecule has 1 N–H and O–H groups in total. The molecule has 9 nitrogen and oxygen atoms in total. The minimum Gasteiger partial charge on any atom is -0.481 e. The number of carbonyl (C=O) groups excluding carboxylic acids is 3. The second-order valence-corrected chi connectivity index (χ2v) is 10.4. The first-order valence-corrected chi connectivity index (χ1v) is 11.4. The van der Waals surface area contributed by atoms with Crippen molar-refractivity contribution in [2.45, 2.75) is 90.6 Å². The molecular formula is C25H35NO8. The fourth-order valence-electron chi connectivity index (χ4n) is 3.69. The smallest absolute Gasteiger partial charge is 0.420 e. The number of rotatable bonds is 7. The van der Waals surface area contributed by atoms with Crippen LogP contribution < -0.4 is 0 Å². The zero-order chi connectivity index (χ0) is 25.7. The molecule has 2 rings (SSSR count). The maximum atomic E-state index is 13.1. The van der Waals surface area contributed by atoms with Gasteiger partial charge in [0.25, 0.3) is 0 Å². The molecule has 1 aliphatic heterocycles. The molecule has 34 heavy (non-hydrogen) atoms. The number of carbonyl (C=O) groups is 4. The van der Waals surface area contributed by atoms with Crippen LogP contribution in [0.25, 0.3) is 0 Å². The Morgan fingerprint density at radius 1 is 1.03 bits per heavy atom. The maximum absolute atomic E-state index is 13.1. The molecule has 188 valence electrons. The van der Waals surface area contributed by atoms with Gasteiger partial charge in [-0.05, 0) is 59.9 Å². The molecule has 0 radical (unpaired) electrons. The largest absolute Gasteiger partial charge is 0.481 e. The molecule has 1 aromatic carbocycles. The van der Waals surface area contributed by atoms with Crippen molar-refractivity contribution in [3.8, 4) is 0 Å². The summed E-state index contributed by atoms with van der Waals surface area (Å²) in [6.07, 6.45) is -2.67. The Morgan fingerprint density at radius 3 is 2.03 bits per heavy atom. The van der Waals surface area contributed by atoms with E-state index in [0.29, 0.717) is 6.42 Å². The molecule has 0 saturated carbocycles. The molecule has 3 atom stereocenters. The van der Waals surface area contributed by atoms with Crippen molar-refractivity contribution in [2.75, 3.05) is 0 Å². The lowest BCUT2D eigenvalue weighted by molar-refractivity contribution is -0.146. The summed E-state index contributed by atoms with van der Waals surface area (Å²) in [6, 6.07) is 8.35. The fraction of sp³-hybridized carbons (Fsp3) is 0.600. The Labute approximate surface area is 200 Å². The van der Waals surface area contributed by atoms with Crippen LogP contribution in [0.15, 0.2) is 30.3 Å². The molecular weight excluding hydrogens is 442 g/mol. The molecule has 1 aliphatic rings.